The quantitative estimate of drug-likeness (QED) is 0.368. The first-order chi connectivity index (χ1) is 17.9. The Morgan fingerprint density at radius 3 is 2.32 bits per heavy atom. The normalized spacial score (nSPS) is 29.3. The number of amides is 1. The number of aromatic amines is 1. The molecule has 37 heavy (non-hydrogen) atoms. The molecule has 3 N–H and O–H groups in total. The van der Waals surface area contributed by atoms with Crippen LogP contribution in [0.15, 0.2) is 18.2 Å². The van der Waals surface area contributed by atoms with Gasteiger partial charge in [-0.3, -0.25) is 4.79 Å². The van der Waals surface area contributed by atoms with Gasteiger partial charge in [-0.05, 0) is 93.7 Å². The molecule has 1 amide bonds. The zero-order chi connectivity index (χ0) is 25.6. The average molecular weight is 506 g/mol. The van der Waals surface area contributed by atoms with E-state index < -0.39 is 5.97 Å². The van der Waals surface area contributed by atoms with Gasteiger partial charge in [-0.1, -0.05) is 31.7 Å². The molecule has 1 aromatic heterocycles. The Morgan fingerprint density at radius 1 is 1.05 bits per heavy atom. The van der Waals surface area contributed by atoms with Gasteiger partial charge in [0.05, 0.1) is 23.5 Å². The number of nitrogens with zero attached hydrogens (tertiary/aromatic N) is 1. The predicted molar refractivity (Wildman–Crippen MR) is 141 cm³/mol. The maximum Gasteiger partial charge on any atom is 0.336 e. The fraction of sp³-hybridized carbons (Fsp3) is 0.633. The van der Waals surface area contributed by atoms with Gasteiger partial charge >= 0.3 is 5.97 Å². The minimum absolute atomic E-state index is 0.0521. The molecule has 7 rings (SSSR count). The largest absolute Gasteiger partial charge is 0.478 e. The maximum atomic E-state index is 13.5. The summed E-state index contributed by atoms with van der Waals surface area (Å²) in [5, 5.41) is 12.4. The topological polar surface area (TPSA) is 104 Å². The fourth-order valence-corrected chi connectivity index (χ4v) is 8.02. The van der Waals surface area contributed by atoms with Crippen LogP contribution in [0.25, 0.3) is 0 Å². The van der Waals surface area contributed by atoms with Gasteiger partial charge in [0.15, 0.2) is 5.69 Å². The van der Waals surface area contributed by atoms with E-state index in [9.17, 15) is 14.7 Å². The summed E-state index contributed by atoms with van der Waals surface area (Å²) in [5.41, 5.74) is 2.37. The lowest BCUT2D eigenvalue weighted by Gasteiger charge is -2.56. The standard InChI is InChI=1S/C30H39N3O4/c1-18-8-9-23(13-24(18)29(35)36)31-28(34)26-25(32-27(33-26)22-6-4-2-3-5-7-22)17-37-30-14-19-10-20(15-30)12-21(11-19)16-30/h8-9,13,19-22H,2-7,10-12,14-17H2,1H3,(H,31,34)(H,32,33)(H,35,36). The van der Waals surface area contributed by atoms with Crippen LogP contribution in [-0.4, -0.2) is 32.6 Å². The molecule has 5 aliphatic rings. The minimum Gasteiger partial charge on any atom is -0.478 e. The predicted octanol–water partition coefficient (Wildman–Crippen LogP) is 6.59. The highest BCUT2D eigenvalue weighted by Crippen LogP contribution is 2.57. The van der Waals surface area contributed by atoms with E-state index in [2.05, 4.69) is 10.3 Å². The second kappa shape index (κ2) is 9.90. The number of rotatable bonds is 7. The van der Waals surface area contributed by atoms with Crippen molar-refractivity contribution in [3.8, 4) is 0 Å². The molecule has 7 heteroatoms. The summed E-state index contributed by atoms with van der Waals surface area (Å²) in [5.74, 6) is 2.28. The minimum atomic E-state index is -1.01. The number of hydrogen-bond acceptors (Lipinski definition) is 4. The van der Waals surface area contributed by atoms with Crippen molar-refractivity contribution in [3.05, 3.63) is 46.5 Å². The molecule has 2 aromatic rings. The van der Waals surface area contributed by atoms with Crippen LogP contribution in [0.5, 0.6) is 0 Å². The number of carboxylic acids is 1. The van der Waals surface area contributed by atoms with Crippen LogP contribution < -0.4 is 5.32 Å². The Morgan fingerprint density at radius 2 is 1.70 bits per heavy atom. The summed E-state index contributed by atoms with van der Waals surface area (Å²) in [7, 11) is 0. The van der Waals surface area contributed by atoms with Crippen molar-refractivity contribution in [2.24, 2.45) is 17.8 Å². The third kappa shape index (κ3) is 5.07. The summed E-state index contributed by atoms with van der Waals surface area (Å²) in [4.78, 5) is 33.5. The lowest BCUT2D eigenvalue weighted by atomic mass is 9.54. The van der Waals surface area contributed by atoms with E-state index in [-0.39, 0.29) is 17.1 Å². The molecular weight excluding hydrogens is 466 g/mol. The number of benzene rings is 1. The molecular formula is C30H39N3O4. The van der Waals surface area contributed by atoms with Crippen LogP contribution in [0.4, 0.5) is 5.69 Å². The molecule has 1 heterocycles. The Kier molecular flexibility index (Phi) is 6.59. The summed E-state index contributed by atoms with van der Waals surface area (Å²) < 4.78 is 6.73. The number of hydrogen-bond donors (Lipinski definition) is 3. The highest BCUT2D eigenvalue weighted by Gasteiger charge is 2.51. The van der Waals surface area contributed by atoms with Gasteiger partial charge in [0.2, 0.25) is 0 Å². The number of nitrogens with one attached hydrogen (secondary N) is 2. The van der Waals surface area contributed by atoms with E-state index in [0.717, 1.165) is 61.4 Å². The van der Waals surface area contributed by atoms with Crippen molar-refractivity contribution in [1.29, 1.82) is 0 Å². The SMILES string of the molecule is Cc1ccc(NC(=O)c2nc(C3CCCCCC3)[nH]c2COC23CC4CC(CC(C4)C2)C3)cc1C(=O)O. The number of imidazole rings is 1. The summed E-state index contributed by atoms with van der Waals surface area (Å²) >= 11 is 0. The van der Waals surface area contributed by atoms with Crippen molar-refractivity contribution in [3.63, 3.8) is 0 Å². The van der Waals surface area contributed by atoms with Crippen LogP contribution in [-0.2, 0) is 11.3 Å². The molecule has 0 saturated heterocycles. The second-order valence-corrected chi connectivity index (χ2v) is 12.3. The fourth-order valence-electron chi connectivity index (χ4n) is 8.02. The molecule has 0 aliphatic heterocycles. The second-order valence-electron chi connectivity index (χ2n) is 12.3. The number of carboxylic acid groups (broad SMARTS) is 1. The maximum absolute atomic E-state index is 13.5. The van der Waals surface area contributed by atoms with Gasteiger partial charge in [-0.25, -0.2) is 9.78 Å². The Bertz CT molecular complexity index is 1140. The highest BCUT2D eigenvalue weighted by molar-refractivity contribution is 6.04. The zero-order valence-electron chi connectivity index (χ0n) is 21.9. The van der Waals surface area contributed by atoms with Crippen LogP contribution in [0.2, 0.25) is 0 Å². The summed E-state index contributed by atoms with van der Waals surface area (Å²) in [6.45, 7) is 2.12. The van der Waals surface area contributed by atoms with Crippen LogP contribution in [0, 0.1) is 24.7 Å². The number of anilines is 1. The van der Waals surface area contributed by atoms with Crippen LogP contribution in [0.3, 0.4) is 0 Å². The lowest BCUT2D eigenvalue weighted by molar-refractivity contribution is -0.169. The molecule has 0 spiro atoms. The lowest BCUT2D eigenvalue weighted by Crippen LogP contribution is -2.51. The first kappa shape index (κ1) is 24.7. The Balaban J connectivity index is 1.25. The summed E-state index contributed by atoms with van der Waals surface area (Å²) in [6.07, 6.45) is 14.6. The average Bonchev–Trinajstić information content (AvgIpc) is 3.09. The third-order valence-corrected chi connectivity index (χ3v) is 9.48. The van der Waals surface area contributed by atoms with Gasteiger partial charge < -0.3 is 20.1 Å². The molecule has 5 saturated carbocycles. The van der Waals surface area contributed by atoms with E-state index in [4.69, 9.17) is 9.72 Å². The Hall–Kier alpha value is -2.67. The number of carbonyl (C=O) groups is 2. The third-order valence-electron chi connectivity index (χ3n) is 9.48. The van der Waals surface area contributed by atoms with Crippen molar-refractivity contribution >= 4 is 17.6 Å². The van der Waals surface area contributed by atoms with Gasteiger partial charge in [0, 0.05) is 11.6 Å². The van der Waals surface area contributed by atoms with Crippen molar-refractivity contribution < 1.29 is 19.4 Å². The monoisotopic (exact) mass is 505 g/mol. The summed E-state index contributed by atoms with van der Waals surface area (Å²) in [6, 6.07) is 4.97. The van der Waals surface area contributed by atoms with Crippen LogP contribution >= 0.6 is 0 Å². The van der Waals surface area contributed by atoms with E-state index in [1.165, 1.54) is 51.0 Å². The molecule has 4 bridgehead atoms. The van der Waals surface area contributed by atoms with Crippen molar-refractivity contribution in [2.75, 3.05) is 5.32 Å². The molecule has 0 atom stereocenters. The zero-order valence-corrected chi connectivity index (χ0v) is 21.9. The number of aromatic nitrogens is 2. The van der Waals surface area contributed by atoms with Gasteiger partial charge in [-0.2, -0.15) is 0 Å². The molecule has 7 nitrogen and oxygen atoms in total. The number of ether oxygens (including phenoxy) is 1. The molecule has 0 radical (unpaired) electrons. The highest BCUT2D eigenvalue weighted by atomic mass is 16.5. The number of aromatic carboxylic acids is 1. The van der Waals surface area contributed by atoms with Gasteiger partial charge in [-0.15, -0.1) is 0 Å². The number of H-pyrrole nitrogens is 1. The van der Waals surface area contributed by atoms with E-state index >= 15 is 0 Å². The van der Waals surface area contributed by atoms with Crippen LogP contribution in [0.1, 0.15) is 121 Å². The molecule has 5 aliphatic carbocycles. The van der Waals surface area contributed by atoms with Gasteiger partial charge in [0.25, 0.3) is 5.91 Å². The first-order valence-electron chi connectivity index (χ1n) is 14.3. The van der Waals surface area contributed by atoms with Crippen molar-refractivity contribution in [1.82, 2.24) is 9.97 Å². The molecule has 198 valence electrons. The smallest absolute Gasteiger partial charge is 0.336 e. The molecule has 0 unspecified atom stereocenters. The van der Waals surface area contributed by atoms with E-state index in [0.29, 0.717) is 29.5 Å². The molecule has 1 aromatic carbocycles. The van der Waals surface area contributed by atoms with Gasteiger partial charge in [0.1, 0.15) is 5.82 Å². The van der Waals surface area contributed by atoms with E-state index in [1.54, 1.807) is 19.1 Å². The molecule has 5 fully saturated rings. The number of aryl methyl sites for hydroxylation is 1. The van der Waals surface area contributed by atoms with Crippen molar-refractivity contribution in [2.45, 2.75) is 102 Å². The first-order valence-corrected chi connectivity index (χ1v) is 14.3. The number of carbonyl (C=O) groups excluding carboxylic acids is 1. The van der Waals surface area contributed by atoms with E-state index in [1.807, 2.05) is 0 Å². The Labute approximate surface area is 218 Å².